The van der Waals surface area contributed by atoms with Gasteiger partial charge in [-0.1, -0.05) is 249 Å². The van der Waals surface area contributed by atoms with E-state index in [1.54, 1.807) is 0 Å². The lowest BCUT2D eigenvalue weighted by molar-refractivity contribution is 1.25. The SMILES string of the molecule is c1ccc(-c2ccccc2-c2ccc3c(c2)B2c4cc(-c5ccccc5-c5ccccc5)ccc4N(c4ccccc4)c4cc(-c5c(-c6ccccc6)cccc5-c5ccccc5)cc(c42)N3c2ccccc2)cc1. The molecular formula is C72H49BN2. The van der Waals surface area contributed by atoms with Gasteiger partial charge < -0.3 is 9.80 Å². The second-order valence-electron chi connectivity index (χ2n) is 19.5. The van der Waals surface area contributed by atoms with Crippen LogP contribution in [0.1, 0.15) is 0 Å². The van der Waals surface area contributed by atoms with Gasteiger partial charge in [0.05, 0.1) is 0 Å². The van der Waals surface area contributed by atoms with Gasteiger partial charge in [0.2, 0.25) is 0 Å². The van der Waals surface area contributed by atoms with Crippen LogP contribution in [-0.4, -0.2) is 6.71 Å². The largest absolute Gasteiger partial charge is 0.311 e. The number of fused-ring (bicyclic) bond motifs is 4. The second-order valence-corrected chi connectivity index (χ2v) is 19.5. The molecule has 0 radical (unpaired) electrons. The molecular weight excluding hydrogens is 904 g/mol. The molecule has 12 aromatic rings. The zero-order valence-corrected chi connectivity index (χ0v) is 41.3. The van der Waals surface area contributed by atoms with Crippen LogP contribution in [0, 0.1) is 0 Å². The molecule has 0 aromatic heterocycles. The molecule has 75 heavy (non-hydrogen) atoms. The number of rotatable bonds is 9. The Morgan fingerprint density at radius 1 is 0.213 bits per heavy atom. The van der Waals surface area contributed by atoms with Crippen LogP contribution in [0.25, 0.3) is 77.9 Å². The summed E-state index contributed by atoms with van der Waals surface area (Å²) in [6.07, 6.45) is 0. The summed E-state index contributed by atoms with van der Waals surface area (Å²) < 4.78 is 0. The molecule has 0 amide bonds. The van der Waals surface area contributed by atoms with Crippen molar-refractivity contribution in [2.45, 2.75) is 0 Å². The van der Waals surface area contributed by atoms with Crippen molar-refractivity contribution in [1.82, 2.24) is 0 Å². The average molecular weight is 953 g/mol. The molecule has 0 saturated carbocycles. The van der Waals surface area contributed by atoms with E-state index in [-0.39, 0.29) is 6.71 Å². The predicted octanol–water partition coefficient (Wildman–Crippen LogP) is 17.4. The average Bonchev–Trinajstić information content (AvgIpc) is 3.50. The fourth-order valence-corrected chi connectivity index (χ4v) is 12.0. The molecule has 0 spiro atoms. The van der Waals surface area contributed by atoms with Crippen molar-refractivity contribution < 1.29 is 0 Å². The van der Waals surface area contributed by atoms with Crippen LogP contribution in [0.3, 0.4) is 0 Å². The maximum absolute atomic E-state index is 2.54. The molecule has 2 aliphatic heterocycles. The van der Waals surface area contributed by atoms with Crippen LogP contribution in [-0.2, 0) is 0 Å². The van der Waals surface area contributed by atoms with Gasteiger partial charge in [-0.15, -0.1) is 0 Å². The minimum absolute atomic E-state index is 0.139. The number of anilines is 6. The third kappa shape index (κ3) is 7.68. The summed E-state index contributed by atoms with van der Waals surface area (Å²) in [4.78, 5) is 5.08. The Morgan fingerprint density at radius 3 is 0.893 bits per heavy atom. The molecule has 0 bridgehead atoms. The summed E-state index contributed by atoms with van der Waals surface area (Å²) in [7, 11) is 0. The third-order valence-corrected chi connectivity index (χ3v) is 15.3. The normalized spacial score (nSPS) is 12.2. The maximum atomic E-state index is 2.54. The Kier molecular flexibility index (Phi) is 11.0. The summed E-state index contributed by atoms with van der Waals surface area (Å²) in [5.74, 6) is 0. The molecule has 2 aliphatic rings. The van der Waals surface area contributed by atoms with Crippen LogP contribution in [0.5, 0.6) is 0 Å². The van der Waals surface area contributed by atoms with Gasteiger partial charge in [-0.3, -0.25) is 0 Å². The number of benzene rings is 12. The van der Waals surface area contributed by atoms with Crippen LogP contribution < -0.4 is 26.2 Å². The molecule has 0 unspecified atom stereocenters. The van der Waals surface area contributed by atoms with Gasteiger partial charge in [0.15, 0.2) is 0 Å². The van der Waals surface area contributed by atoms with E-state index < -0.39 is 0 Å². The van der Waals surface area contributed by atoms with Crippen molar-refractivity contribution in [2.75, 3.05) is 9.80 Å². The third-order valence-electron chi connectivity index (χ3n) is 15.3. The summed E-state index contributed by atoms with van der Waals surface area (Å²) >= 11 is 0. The Balaban J connectivity index is 1.10. The monoisotopic (exact) mass is 952 g/mol. The molecule has 3 heteroatoms. The van der Waals surface area contributed by atoms with Gasteiger partial charge in [-0.2, -0.15) is 0 Å². The lowest BCUT2D eigenvalue weighted by Crippen LogP contribution is -2.61. The zero-order chi connectivity index (χ0) is 49.7. The Hall–Kier alpha value is -9.70. The number of hydrogen-bond acceptors (Lipinski definition) is 2. The molecule has 350 valence electrons. The van der Waals surface area contributed by atoms with E-state index in [2.05, 4.69) is 307 Å². The van der Waals surface area contributed by atoms with E-state index in [0.29, 0.717) is 0 Å². The molecule has 0 aliphatic carbocycles. The van der Waals surface area contributed by atoms with Gasteiger partial charge in [0.1, 0.15) is 0 Å². The van der Waals surface area contributed by atoms with E-state index in [0.717, 1.165) is 39.7 Å². The van der Waals surface area contributed by atoms with E-state index >= 15 is 0 Å². The summed E-state index contributed by atoms with van der Waals surface area (Å²) in [5.41, 5.74) is 27.3. The molecule has 2 heterocycles. The van der Waals surface area contributed by atoms with E-state index in [4.69, 9.17) is 0 Å². The Bertz CT molecular complexity index is 3790. The van der Waals surface area contributed by atoms with Crippen molar-refractivity contribution >= 4 is 57.2 Å². The lowest BCUT2D eigenvalue weighted by Gasteiger charge is -2.45. The molecule has 14 rings (SSSR count). The van der Waals surface area contributed by atoms with Crippen LogP contribution in [0.15, 0.2) is 297 Å². The smallest absolute Gasteiger partial charge is 0.252 e. The van der Waals surface area contributed by atoms with Gasteiger partial charge in [0, 0.05) is 34.1 Å². The highest BCUT2D eigenvalue weighted by Crippen LogP contribution is 2.50. The first-order valence-electron chi connectivity index (χ1n) is 26.0. The lowest BCUT2D eigenvalue weighted by atomic mass is 9.33. The molecule has 12 aromatic carbocycles. The first kappa shape index (κ1) is 44.0. The van der Waals surface area contributed by atoms with Gasteiger partial charge in [0.25, 0.3) is 6.71 Å². The Labute approximate surface area is 439 Å². The number of hydrogen-bond donors (Lipinski definition) is 0. The van der Waals surface area contributed by atoms with E-state index in [1.165, 1.54) is 88.7 Å². The fraction of sp³-hybridized carbons (Fsp3) is 0. The van der Waals surface area contributed by atoms with Crippen molar-refractivity contribution in [3.8, 4) is 77.9 Å². The minimum Gasteiger partial charge on any atom is -0.311 e. The highest BCUT2D eigenvalue weighted by molar-refractivity contribution is 7.00. The summed E-state index contributed by atoms with van der Waals surface area (Å²) in [6, 6.07) is 109. The first-order valence-corrected chi connectivity index (χ1v) is 26.0. The summed E-state index contributed by atoms with van der Waals surface area (Å²) in [6.45, 7) is -0.139. The van der Waals surface area contributed by atoms with Crippen molar-refractivity contribution in [2.24, 2.45) is 0 Å². The highest BCUT2D eigenvalue weighted by Gasteiger charge is 2.44. The minimum atomic E-state index is -0.139. The standard InChI is InChI=1S/C72H49BN2/c1-7-24-50(25-8-1)59-36-19-21-38-61(59)54-42-44-67-65(46-54)73-66-47-55(62-39-22-20-37-60(62)51-26-9-2-10-27-51)43-45-68(66)75(58-34-17-6-18-35-58)70-49-56(48-69(72(70)73)74(67)57-32-15-5-16-33-57)71-63(52-28-11-3-12-29-52)40-23-41-64(71)53-30-13-4-14-31-53/h1-49H. The Morgan fingerprint density at radius 2 is 0.520 bits per heavy atom. The van der Waals surface area contributed by atoms with Gasteiger partial charge >= 0.3 is 0 Å². The molecule has 0 N–H and O–H groups in total. The molecule has 0 atom stereocenters. The first-order chi connectivity index (χ1) is 37.2. The number of nitrogens with zero attached hydrogens (tertiary/aromatic N) is 2. The number of para-hydroxylation sites is 2. The van der Waals surface area contributed by atoms with Crippen molar-refractivity contribution in [3.63, 3.8) is 0 Å². The summed E-state index contributed by atoms with van der Waals surface area (Å²) in [5, 5.41) is 0. The quantitative estimate of drug-likeness (QED) is 0.133. The van der Waals surface area contributed by atoms with Crippen LogP contribution in [0.2, 0.25) is 0 Å². The fourth-order valence-electron chi connectivity index (χ4n) is 12.0. The van der Waals surface area contributed by atoms with Crippen molar-refractivity contribution in [3.05, 3.63) is 297 Å². The molecule has 2 nitrogen and oxygen atoms in total. The van der Waals surface area contributed by atoms with E-state index in [9.17, 15) is 0 Å². The van der Waals surface area contributed by atoms with Crippen LogP contribution in [0.4, 0.5) is 34.1 Å². The predicted molar refractivity (Wildman–Crippen MR) is 319 cm³/mol. The topological polar surface area (TPSA) is 6.48 Å². The maximum Gasteiger partial charge on any atom is 0.252 e. The highest BCUT2D eigenvalue weighted by atomic mass is 15.2. The molecule has 0 fully saturated rings. The van der Waals surface area contributed by atoms with Gasteiger partial charge in [-0.25, -0.2) is 0 Å². The van der Waals surface area contributed by atoms with Crippen molar-refractivity contribution in [1.29, 1.82) is 0 Å². The zero-order valence-electron chi connectivity index (χ0n) is 41.3. The van der Waals surface area contributed by atoms with Gasteiger partial charge in [-0.05, 0) is 143 Å². The van der Waals surface area contributed by atoms with Crippen LogP contribution >= 0.6 is 0 Å². The second kappa shape index (κ2) is 18.7. The van der Waals surface area contributed by atoms with E-state index in [1.807, 2.05) is 0 Å². The molecule has 0 saturated heterocycles.